The number of hydrogen-bond donors (Lipinski definition) is 1. The Morgan fingerprint density at radius 2 is 0.640 bits per heavy atom. The number of hydrogen-bond acceptors (Lipinski definition) is 2. The molecule has 0 saturated heterocycles. The van der Waals surface area contributed by atoms with E-state index in [0.717, 1.165) is 39.6 Å². The van der Waals surface area contributed by atoms with E-state index in [1.165, 1.54) is 33.4 Å². The molecule has 0 spiro atoms. The van der Waals surface area contributed by atoms with Gasteiger partial charge in [0.2, 0.25) is 0 Å². The smallest absolute Gasteiger partial charge is 0.0560 e. The van der Waals surface area contributed by atoms with E-state index in [1.807, 2.05) is 6.07 Å². The first-order valence-electron chi connectivity index (χ1n) is 17.0. The van der Waals surface area contributed by atoms with Crippen LogP contribution in [0, 0.1) is 0 Å². The Balaban J connectivity index is 1.23. The van der Waals surface area contributed by atoms with Gasteiger partial charge in [-0.15, -0.1) is 0 Å². The molecule has 8 aromatic rings. The van der Waals surface area contributed by atoms with Crippen LogP contribution in [-0.4, -0.2) is 0 Å². The van der Waals surface area contributed by atoms with Crippen molar-refractivity contribution in [1.29, 1.82) is 0 Å². The van der Waals surface area contributed by atoms with E-state index in [9.17, 15) is 0 Å². The summed E-state index contributed by atoms with van der Waals surface area (Å²) in [6.07, 6.45) is 0. The molecule has 0 fully saturated rings. The molecular formula is C48H36N2. The fourth-order valence-electron chi connectivity index (χ4n) is 6.57. The first-order chi connectivity index (χ1) is 24.8. The van der Waals surface area contributed by atoms with Gasteiger partial charge in [0.25, 0.3) is 0 Å². The van der Waals surface area contributed by atoms with E-state index in [-0.39, 0.29) is 0 Å². The first-order valence-corrected chi connectivity index (χ1v) is 17.0. The molecule has 2 nitrogen and oxygen atoms in total. The average molecular weight is 641 g/mol. The summed E-state index contributed by atoms with van der Waals surface area (Å²) in [5.41, 5.74) is 14.8. The Morgan fingerprint density at radius 3 is 1.08 bits per heavy atom. The maximum atomic E-state index is 3.72. The normalized spacial score (nSPS) is 10.8. The lowest BCUT2D eigenvalue weighted by molar-refractivity contribution is 1.28. The molecule has 0 aliphatic heterocycles. The van der Waals surface area contributed by atoms with Gasteiger partial charge in [0.15, 0.2) is 0 Å². The summed E-state index contributed by atoms with van der Waals surface area (Å²) in [6.45, 7) is 0. The second-order valence-electron chi connectivity index (χ2n) is 12.3. The fraction of sp³-hybridized carbons (Fsp3) is 0. The Hall–Kier alpha value is -6.64. The van der Waals surface area contributed by atoms with Crippen molar-refractivity contribution >= 4 is 28.4 Å². The monoisotopic (exact) mass is 640 g/mol. The molecule has 0 aromatic heterocycles. The van der Waals surface area contributed by atoms with Crippen LogP contribution in [0.1, 0.15) is 0 Å². The minimum Gasteiger partial charge on any atom is -0.355 e. The van der Waals surface area contributed by atoms with E-state index < -0.39 is 0 Å². The molecule has 238 valence electrons. The molecule has 1 N–H and O–H groups in total. The molecule has 8 aromatic carbocycles. The molecule has 50 heavy (non-hydrogen) atoms. The molecular weight excluding hydrogens is 605 g/mol. The SMILES string of the molecule is c1ccc(Nc2cccc(N(c3ccc(-c4ccccc4)cc3)c3ccc(-c4ccc(-c5ccccc5)cc4)cc3)c2-c2ccccc2)cc1. The fourth-order valence-corrected chi connectivity index (χ4v) is 6.57. The number of para-hydroxylation sites is 1. The Morgan fingerprint density at radius 1 is 0.280 bits per heavy atom. The lowest BCUT2D eigenvalue weighted by atomic mass is 9.98. The molecule has 0 unspecified atom stereocenters. The van der Waals surface area contributed by atoms with Crippen LogP contribution in [0.2, 0.25) is 0 Å². The van der Waals surface area contributed by atoms with Gasteiger partial charge in [-0.3, -0.25) is 0 Å². The summed E-state index contributed by atoms with van der Waals surface area (Å²) in [5, 5.41) is 3.72. The highest BCUT2D eigenvalue weighted by atomic mass is 15.1. The highest BCUT2D eigenvalue weighted by Gasteiger charge is 2.20. The molecule has 0 amide bonds. The van der Waals surface area contributed by atoms with E-state index in [0.29, 0.717) is 0 Å². The Kier molecular flexibility index (Phi) is 8.73. The maximum Gasteiger partial charge on any atom is 0.0560 e. The number of anilines is 5. The summed E-state index contributed by atoms with van der Waals surface area (Å²) in [6, 6.07) is 75.3. The first kappa shape index (κ1) is 30.7. The lowest BCUT2D eigenvalue weighted by Crippen LogP contribution is -2.12. The van der Waals surface area contributed by atoms with Gasteiger partial charge in [-0.1, -0.05) is 164 Å². The van der Waals surface area contributed by atoms with Gasteiger partial charge in [0.1, 0.15) is 0 Å². The predicted molar refractivity (Wildman–Crippen MR) is 213 cm³/mol. The number of nitrogens with one attached hydrogen (secondary N) is 1. The van der Waals surface area contributed by atoms with E-state index in [2.05, 4.69) is 216 Å². The predicted octanol–water partition coefficient (Wildman–Crippen LogP) is 13.6. The van der Waals surface area contributed by atoms with Crippen LogP contribution >= 0.6 is 0 Å². The zero-order valence-corrected chi connectivity index (χ0v) is 27.7. The molecule has 8 rings (SSSR count). The van der Waals surface area contributed by atoms with Gasteiger partial charge in [0.05, 0.1) is 5.69 Å². The molecule has 0 saturated carbocycles. The van der Waals surface area contributed by atoms with Gasteiger partial charge >= 0.3 is 0 Å². The molecule has 0 heterocycles. The van der Waals surface area contributed by atoms with Crippen molar-refractivity contribution in [3.8, 4) is 44.5 Å². The Labute approximate surface area is 294 Å². The highest BCUT2D eigenvalue weighted by molar-refractivity contribution is 5.96. The number of rotatable bonds is 9. The summed E-state index contributed by atoms with van der Waals surface area (Å²) < 4.78 is 0. The second-order valence-corrected chi connectivity index (χ2v) is 12.3. The third-order valence-corrected chi connectivity index (χ3v) is 9.08. The topological polar surface area (TPSA) is 15.3 Å². The molecule has 0 atom stereocenters. The van der Waals surface area contributed by atoms with Gasteiger partial charge in [-0.25, -0.2) is 0 Å². The Bertz CT molecular complexity index is 2280. The van der Waals surface area contributed by atoms with Crippen LogP contribution in [0.25, 0.3) is 44.5 Å². The van der Waals surface area contributed by atoms with E-state index in [4.69, 9.17) is 0 Å². The van der Waals surface area contributed by atoms with E-state index >= 15 is 0 Å². The third-order valence-electron chi connectivity index (χ3n) is 9.08. The van der Waals surface area contributed by atoms with Crippen LogP contribution in [0.4, 0.5) is 28.4 Å². The summed E-state index contributed by atoms with van der Waals surface area (Å²) >= 11 is 0. The zero-order chi connectivity index (χ0) is 33.5. The van der Waals surface area contributed by atoms with E-state index in [1.54, 1.807) is 0 Å². The van der Waals surface area contributed by atoms with Crippen LogP contribution in [0.15, 0.2) is 212 Å². The quantitative estimate of drug-likeness (QED) is 0.169. The van der Waals surface area contributed by atoms with Crippen molar-refractivity contribution in [3.05, 3.63) is 212 Å². The van der Waals surface area contributed by atoms with Crippen molar-refractivity contribution < 1.29 is 0 Å². The van der Waals surface area contributed by atoms with Crippen molar-refractivity contribution in [2.24, 2.45) is 0 Å². The highest BCUT2D eigenvalue weighted by Crippen LogP contribution is 2.45. The minimum absolute atomic E-state index is 1.04. The van der Waals surface area contributed by atoms with Gasteiger partial charge < -0.3 is 10.2 Å². The summed E-state index contributed by atoms with van der Waals surface area (Å²) in [5.74, 6) is 0. The van der Waals surface area contributed by atoms with Gasteiger partial charge in [-0.2, -0.15) is 0 Å². The largest absolute Gasteiger partial charge is 0.355 e. The van der Waals surface area contributed by atoms with Crippen molar-refractivity contribution in [3.63, 3.8) is 0 Å². The third kappa shape index (κ3) is 6.56. The van der Waals surface area contributed by atoms with Gasteiger partial charge in [0, 0.05) is 28.3 Å². The zero-order valence-electron chi connectivity index (χ0n) is 27.7. The van der Waals surface area contributed by atoms with Crippen molar-refractivity contribution in [1.82, 2.24) is 0 Å². The van der Waals surface area contributed by atoms with Crippen LogP contribution < -0.4 is 10.2 Å². The lowest BCUT2D eigenvalue weighted by Gasteiger charge is -2.29. The second kappa shape index (κ2) is 14.2. The van der Waals surface area contributed by atoms with Crippen LogP contribution in [0.3, 0.4) is 0 Å². The van der Waals surface area contributed by atoms with Gasteiger partial charge in [-0.05, 0) is 87.5 Å². The molecule has 0 aliphatic rings. The van der Waals surface area contributed by atoms with Crippen molar-refractivity contribution in [2.75, 3.05) is 10.2 Å². The summed E-state index contributed by atoms with van der Waals surface area (Å²) in [7, 11) is 0. The molecule has 0 aliphatic carbocycles. The number of nitrogens with zero attached hydrogens (tertiary/aromatic N) is 1. The maximum absolute atomic E-state index is 3.72. The molecule has 0 radical (unpaired) electrons. The standard InChI is InChI=1S/C48H36N2/c1-5-14-36(15-6-1)38-24-26-39(27-25-38)41-30-34-45(35-31-41)50(44-32-28-40(29-33-44)37-16-7-2-8-17-37)47-23-13-22-46(49-43-20-11-4-12-21-43)48(47)42-18-9-3-10-19-42/h1-35,49H. The van der Waals surface area contributed by atoms with Crippen LogP contribution in [0.5, 0.6) is 0 Å². The van der Waals surface area contributed by atoms with Crippen molar-refractivity contribution in [2.45, 2.75) is 0 Å². The molecule has 2 heteroatoms. The molecule has 0 bridgehead atoms. The average Bonchev–Trinajstić information content (AvgIpc) is 3.20. The summed E-state index contributed by atoms with van der Waals surface area (Å²) in [4.78, 5) is 2.37. The van der Waals surface area contributed by atoms with Crippen LogP contribution in [-0.2, 0) is 0 Å². The minimum atomic E-state index is 1.04. The number of benzene rings is 8.